The van der Waals surface area contributed by atoms with Gasteiger partial charge in [0.25, 0.3) is 0 Å². The van der Waals surface area contributed by atoms with E-state index >= 15 is 0 Å². The van der Waals surface area contributed by atoms with E-state index in [0.717, 1.165) is 11.7 Å². The zero-order valence-electron chi connectivity index (χ0n) is 7.69. The van der Waals surface area contributed by atoms with Gasteiger partial charge in [0.05, 0.1) is 7.11 Å². The number of rotatable bonds is 5. The average molecular weight is 226 g/mol. The highest BCUT2D eigenvalue weighted by Gasteiger charge is 2.22. The number of thioether (sulfide) groups is 1. The van der Waals surface area contributed by atoms with Crippen molar-refractivity contribution in [3.05, 3.63) is 0 Å². The predicted molar refractivity (Wildman–Crippen MR) is 57.3 cm³/mol. The van der Waals surface area contributed by atoms with Crippen LogP contribution in [-0.2, 0) is 9.53 Å². The molecule has 0 saturated heterocycles. The standard InChI is InChI=1S/C8H15NO2S.ClH/c1-11-8(10)7(9)5-12-4-6-2-3-6;/h6-7H,2-5,9H2,1H3;1H. The van der Waals surface area contributed by atoms with Crippen molar-refractivity contribution in [1.82, 2.24) is 0 Å². The molecule has 0 amide bonds. The Morgan fingerprint density at radius 2 is 2.31 bits per heavy atom. The number of carbonyl (C=O) groups is 1. The minimum Gasteiger partial charge on any atom is -0.468 e. The van der Waals surface area contributed by atoms with Gasteiger partial charge in [0.15, 0.2) is 0 Å². The van der Waals surface area contributed by atoms with Crippen LogP contribution in [0.25, 0.3) is 0 Å². The molecule has 5 heteroatoms. The van der Waals surface area contributed by atoms with Crippen LogP contribution in [0.2, 0.25) is 0 Å². The second-order valence-electron chi connectivity index (χ2n) is 3.11. The molecule has 0 aromatic rings. The molecule has 0 bridgehead atoms. The summed E-state index contributed by atoms with van der Waals surface area (Å²) in [6, 6.07) is -0.446. The molecule has 0 aromatic heterocycles. The fourth-order valence-electron chi connectivity index (χ4n) is 0.866. The Morgan fingerprint density at radius 1 is 1.69 bits per heavy atom. The zero-order valence-corrected chi connectivity index (χ0v) is 9.33. The van der Waals surface area contributed by atoms with Crippen LogP contribution in [0.1, 0.15) is 12.8 Å². The number of halogens is 1. The molecule has 3 nitrogen and oxygen atoms in total. The fourth-order valence-corrected chi connectivity index (χ4v) is 2.06. The summed E-state index contributed by atoms with van der Waals surface area (Å²) in [5, 5.41) is 0. The van der Waals surface area contributed by atoms with Crippen molar-refractivity contribution in [1.29, 1.82) is 0 Å². The van der Waals surface area contributed by atoms with Gasteiger partial charge in [0, 0.05) is 5.75 Å². The first-order valence-electron chi connectivity index (χ1n) is 4.15. The maximum absolute atomic E-state index is 10.8. The molecular formula is C8H16ClNO2S. The maximum Gasteiger partial charge on any atom is 0.323 e. The van der Waals surface area contributed by atoms with E-state index in [9.17, 15) is 4.79 Å². The van der Waals surface area contributed by atoms with E-state index < -0.39 is 6.04 Å². The third-order valence-corrected chi connectivity index (χ3v) is 3.15. The number of hydrogen-bond acceptors (Lipinski definition) is 4. The van der Waals surface area contributed by atoms with Crippen LogP contribution in [0.15, 0.2) is 0 Å². The van der Waals surface area contributed by atoms with Crippen LogP contribution in [0.4, 0.5) is 0 Å². The first kappa shape index (κ1) is 13.1. The lowest BCUT2D eigenvalue weighted by molar-refractivity contribution is -0.141. The molecular weight excluding hydrogens is 210 g/mol. The van der Waals surface area contributed by atoms with E-state index in [2.05, 4.69) is 4.74 Å². The number of esters is 1. The van der Waals surface area contributed by atoms with Crippen molar-refractivity contribution in [2.24, 2.45) is 11.7 Å². The molecule has 1 atom stereocenters. The third kappa shape index (κ3) is 5.39. The smallest absolute Gasteiger partial charge is 0.323 e. The molecule has 0 spiro atoms. The molecule has 1 unspecified atom stereocenters. The van der Waals surface area contributed by atoms with E-state index in [1.165, 1.54) is 20.0 Å². The Kier molecular flexibility index (Phi) is 6.55. The molecule has 13 heavy (non-hydrogen) atoms. The van der Waals surface area contributed by atoms with Crippen LogP contribution >= 0.6 is 24.2 Å². The van der Waals surface area contributed by atoms with Gasteiger partial charge in [-0.2, -0.15) is 11.8 Å². The summed E-state index contributed by atoms with van der Waals surface area (Å²) in [7, 11) is 1.37. The Morgan fingerprint density at radius 3 is 2.77 bits per heavy atom. The van der Waals surface area contributed by atoms with Gasteiger partial charge in [0.1, 0.15) is 6.04 Å². The van der Waals surface area contributed by atoms with Crippen LogP contribution in [-0.4, -0.2) is 30.6 Å². The lowest BCUT2D eigenvalue weighted by Gasteiger charge is -2.07. The second-order valence-corrected chi connectivity index (χ2v) is 4.19. The van der Waals surface area contributed by atoms with Gasteiger partial charge in [-0.25, -0.2) is 0 Å². The number of ether oxygens (including phenoxy) is 1. The Balaban J connectivity index is 0.00000144. The van der Waals surface area contributed by atoms with Gasteiger partial charge in [-0.3, -0.25) is 4.79 Å². The first-order chi connectivity index (χ1) is 5.74. The van der Waals surface area contributed by atoms with Crippen LogP contribution in [0.5, 0.6) is 0 Å². The highest BCUT2D eigenvalue weighted by molar-refractivity contribution is 7.99. The Bertz CT molecular complexity index is 164. The van der Waals surface area contributed by atoms with E-state index in [1.807, 2.05) is 0 Å². The average Bonchev–Trinajstić information content (AvgIpc) is 2.86. The molecule has 0 aliphatic heterocycles. The van der Waals surface area contributed by atoms with Crippen LogP contribution in [0.3, 0.4) is 0 Å². The highest BCUT2D eigenvalue weighted by Crippen LogP contribution is 2.32. The summed E-state index contributed by atoms with van der Waals surface area (Å²) < 4.78 is 4.51. The molecule has 1 saturated carbocycles. The molecule has 1 aliphatic carbocycles. The molecule has 78 valence electrons. The SMILES string of the molecule is COC(=O)C(N)CSCC1CC1.Cl. The lowest BCUT2D eigenvalue weighted by atomic mass is 10.4. The minimum atomic E-state index is -0.446. The molecule has 0 radical (unpaired) electrons. The fraction of sp³-hybridized carbons (Fsp3) is 0.875. The minimum absolute atomic E-state index is 0. The number of methoxy groups -OCH3 is 1. The van der Waals surface area contributed by atoms with E-state index in [0.29, 0.717) is 5.75 Å². The van der Waals surface area contributed by atoms with Crippen molar-refractivity contribution in [2.45, 2.75) is 18.9 Å². The summed E-state index contributed by atoms with van der Waals surface area (Å²) in [4.78, 5) is 10.8. The van der Waals surface area contributed by atoms with Gasteiger partial charge in [0.2, 0.25) is 0 Å². The Labute approximate surface area is 89.2 Å². The molecule has 1 rings (SSSR count). The molecule has 1 fully saturated rings. The number of nitrogens with two attached hydrogens (primary N) is 1. The van der Waals surface area contributed by atoms with Gasteiger partial charge < -0.3 is 10.5 Å². The largest absolute Gasteiger partial charge is 0.468 e. The predicted octanol–water partition coefficient (Wildman–Crippen LogP) is 1.05. The Hall–Kier alpha value is 0.0700. The quantitative estimate of drug-likeness (QED) is 0.711. The number of hydrogen-bond donors (Lipinski definition) is 1. The summed E-state index contributed by atoms with van der Waals surface area (Å²) in [5.74, 6) is 2.41. The first-order valence-corrected chi connectivity index (χ1v) is 5.30. The number of carbonyl (C=O) groups excluding carboxylic acids is 1. The second kappa shape index (κ2) is 6.51. The molecule has 0 aromatic carbocycles. The van der Waals surface area contributed by atoms with Crippen molar-refractivity contribution >= 4 is 30.1 Å². The summed E-state index contributed by atoms with van der Waals surface area (Å²) >= 11 is 1.75. The van der Waals surface area contributed by atoms with Crippen LogP contribution in [0, 0.1) is 5.92 Å². The lowest BCUT2D eigenvalue weighted by Crippen LogP contribution is -2.33. The van der Waals surface area contributed by atoms with Crippen LogP contribution < -0.4 is 5.73 Å². The van der Waals surface area contributed by atoms with Crippen molar-refractivity contribution in [3.63, 3.8) is 0 Å². The van der Waals surface area contributed by atoms with E-state index in [1.54, 1.807) is 11.8 Å². The summed E-state index contributed by atoms with van der Waals surface area (Å²) in [6.07, 6.45) is 2.70. The summed E-state index contributed by atoms with van der Waals surface area (Å²) in [5.41, 5.74) is 5.54. The monoisotopic (exact) mass is 225 g/mol. The normalized spacial score (nSPS) is 17.4. The van der Waals surface area contributed by atoms with Gasteiger partial charge >= 0.3 is 5.97 Å². The topological polar surface area (TPSA) is 52.3 Å². The van der Waals surface area contributed by atoms with Crippen molar-refractivity contribution in [3.8, 4) is 0 Å². The zero-order chi connectivity index (χ0) is 8.97. The van der Waals surface area contributed by atoms with Gasteiger partial charge in [-0.1, -0.05) is 0 Å². The molecule has 2 N–H and O–H groups in total. The van der Waals surface area contributed by atoms with Crippen molar-refractivity contribution < 1.29 is 9.53 Å². The highest BCUT2D eigenvalue weighted by atomic mass is 35.5. The molecule has 0 heterocycles. The summed E-state index contributed by atoms with van der Waals surface area (Å²) in [6.45, 7) is 0. The van der Waals surface area contributed by atoms with E-state index in [4.69, 9.17) is 5.73 Å². The maximum atomic E-state index is 10.8. The van der Waals surface area contributed by atoms with Gasteiger partial charge in [-0.05, 0) is 24.5 Å². The van der Waals surface area contributed by atoms with Gasteiger partial charge in [-0.15, -0.1) is 12.4 Å². The third-order valence-electron chi connectivity index (χ3n) is 1.85. The van der Waals surface area contributed by atoms with E-state index in [-0.39, 0.29) is 18.4 Å². The van der Waals surface area contributed by atoms with Crippen molar-refractivity contribution in [2.75, 3.05) is 18.6 Å². The molecule has 1 aliphatic rings.